The lowest BCUT2D eigenvalue weighted by Gasteiger charge is -2.36. The number of rotatable bonds is 4. The van der Waals surface area contributed by atoms with E-state index in [1.54, 1.807) is 12.4 Å². The second kappa shape index (κ2) is 9.83. The molecule has 158 valence electrons. The third kappa shape index (κ3) is 5.43. The van der Waals surface area contributed by atoms with E-state index in [-0.39, 0.29) is 0 Å². The lowest BCUT2D eigenvalue weighted by Crippen LogP contribution is -2.44. The molecule has 0 atom stereocenters. The molecule has 1 saturated heterocycles. The van der Waals surface area contributed by atoms with Crippen LogP contribution in [0.4, 0.5) is 0 Å². The van der Waals surface area contributed by atoms with E-state index in [1.165, 1.54) is 5.56 Å². The van der Waals surface area contributed by atoms with Gasteiger partial charge in [-0.2, -0.15) is 5.10 Å². The number of piperidine rings is 1. The first-order chi connectivity index (χ1) is 14.4. The fourth-order valence-electron chi connectivity index (χ4n) is 3.78. The summed E-state index contributed by atoms with van der Waals surface area (Å²) < 4.78 is 1.87. The van der Waals surface area contributed by atoms with Crippen molar-refractivity contribution in [2.24, 2.45) is 7.05 Å². The second-order valence-electron chi connectivity index (χ2n) is 8.10. The van der Waals surface area contributed by atoms with E-state index in [2.05, 4.69) is 40.7 Å². The van der Waals surface area contributed by atoms with Crippen LogP contribution in [0, 0.1) is 6.92 Å². The predicted octanol–water partition coefficient (Wildman–Crippen LogP) is 4.12. The molecule has 2 aromatic heterocycles. The zero-order valence-electron chi connectivity index (χ0n) is 18.3. The first kappa shape index (κ1) is 21.9. The highest BCUT2D eigenvalue weighted by Gasteiger charge is 2.30. The fraction of sp³-hybridized carbons (Fsp3) is 0.360. The summed E-state index contributed by atoms with van der Waals surface area (Å²) in [6.45, 7) is 7.87. The molecular formula is C25H32N4O. The Balaban J connectivity index is 0.000000171. The van der Waals surface area contributed by atoms with Crippen molar-refractivity contribution in [2.45, 2.75) is 31.8 Å². The van der Waals surface area contributed by atoms with Gasteiger partial charge >= 0.3 is 0 Å². The third-order valence-corrected chi connectivity index (χ3v) is 5.83. The lowest BCUT2D eigenvalue weighted by atomic mass is 9.85. The molecular weight excluding hydrogens is 372 g/mol. The molecule has 4 rings (SSSR count). The molecule has 3 heterocycles. The average Bonchev–Trinajstić information content (AvgIpc) is 3.06. The summed E-state index contributed by atoms with van der Waals surface area (Å²) in [6.07, 6.45) is 7.95. The molecule has 5 nitrogen and oxygen atoms in total. The van der Waals surface area contributed by atoms with Crippen LogP contribution >= 0.6 is 0 Å². The first-order valence-electron chi connectivity index (χ1n) is 10.4. The van der Waals surface area contributed by atoms with Gasteiger partial charge in [0.1, 0.15) is 0 Å². The van der Waals surface area contributed by atoms with E-state index in [1.807, 2.05) is 55.1 Å². The number of pyridine rings is 1. The lowest BCUT2D eigenvalue weighted by molar-refractivity contribution is -0.0150. The smallest absolute Gasteiger partial charge is 0.0999 e. The Morgan fingerprint density at radius 1 is 1.07 bits per heavy atom. The molecule has 1 fully saturated rings. The minimum atomic E-state index is -0.478. The molecule has 0 aliphatic carbocycles. The van der Waals surface area contributed by atoms with Crippen molar-refractivity contribution in [1.29, 1.82) is 0 Å². The fourth-order valence-corrected chi connectivity index (χ4v) is 3.78. The van der Waals surface area contributed by atoms with E-state index >= 15 is 0 Å². The number of likely N-dealkylation sites (tertiary alicyclic amines) is 1. The van der Waals surface area contributed by atoms with Crippen molar-refractivity contribution < 1.29 is 5.11 Å². The van der Waals surface area contributed by atoms with Crippen LogP contribution in [-0.2, 0) is 13.5 Å². The molecule has 1 N–H and O–H groups in total. The quantitative estimate of drug-likeness (QED) is 0.711. The van der Waals surface area contributed by atoms with Gasteiger partial charge in [-0.25, -0.2) is 0 Å². The average molecular weight is 405 g/mol. The van der Waals surface area contributed by atoms with Gasteiger partial charge in [0.15, 0.2) is 0 Å². The van der Waals surface area contributed by atoms with Crippen LogP contribution in [0.15, 0.2) is 61.4 Å². The van der Waals surface area contributed by atoms with Crippen LogP contribution < -0.4 is 0 Å². The van der Waals surface area contributed by atoms with Crippen LogP contribution in [-0.4, -0.2) is 50.5 Å². The Morgan fingerprint density at radius 3 is 2.30 bits per heavy atom. The van der Waals surface area contributed by atoms with Crippen LogP contribution in [0.2, 0.25) is 0 Å². The highest BCUT2D eigenvalue weighted by Crippen LogP contribution is 2.26. The minimum absolute atomic E-state index is 0.478. The summed E-state index contributed by atoms with van der Waals surface area (Å²) in [5.41, 5.74) is 5.01. The van der Waals surface area contributed by atoms with E-state index < -0.39 is 5.60 Å². The van der Waals surface area contributed by atoms with Crippen molar-refractivity contribution in [3.05, 3.63) is 78.3 Å². The molecule has 1 aliphatic rings. The maximum absolute atomic E-state index is 10.4. The number of aryl methyl sites for hydroxylation is 1. The highest BCUT2D eigenvalue weighted by molar-refractivity contribution is 5.72. The summed E-state index contributed by atoms with van der Waals surface area (Å²) in [4.78, 5) is 6.27. The molecule has 5 heteroatoms. The van der Waals surface area contributed by atoms with Gasteiger partial charge in [-0.15, -0.1) is 0 Å². The highest BCUT2D eigenvalue weighted by atomic mass is 16.3. The van der Waals surface area contributed by atoms with Crippen molar-refractivity contribution in [2.75, 3.05) is 20.1 Å². The van der Waals surface area contributed by atoms with E-state index in [0.717, 1.165) is 54.9 Å². The summed E-state index contributed by atoms with van der Waals surface area (Å²) in [6, 6.07) is 14.2. The van der Waals surface area contributed by atoms with Gasteiger partial charge in [-0.1, -0.05) is 43.0 Å². The number of hydrogen-bond donors (Lipinski definition) is 1. The van der Waals surface area contributed by atoms with Gasteiger partial charge < -0.3 is 10.0 Å². The van der Waals surface area contributed by atoms with Gasteiger partial charge in [0.05, 0.1) is 11.3 Å². The molecule has 1 aromatic carbocycles. The van der Waals surface area contributed by atoms with Crippen molar-refractivity contribution >= 4 is 6.08 Å². The topological polar surface area (TPSA) is 54.2 Å². The first-order valence-corrected chi connectivity index (χ1v) is 10.4. The Labute approximate surface area is 179 Å². The van der Waals surface area contributed by atoms with Crippen molar-refractivity contribution in [3.63, 3.8) is 0 Å². The van der Waals surface area contributed by atoms with Crippen LogP contribution in [0.25, 0.3) is 17.3 Å². The Hall–Kier alpha value is -2.76. The number of aromatic nitrogens is 3. The largest absolute Gasteiger partial charge is 0.389 e. The van der Waals surface area contributed by atoms with Crippen molar-refractivity contribution in [3.8, 4) is 11.3 Å². The Kier molecular flexibility index (Phi) is 7.19. The maximum Gasteiger partial charge on any atom is 0.0999 e. The number of benzene rings is 1. The maximum atomic E-state index is 10.4. The summed E-state index contributed by atoms with van der Waals surface area (Å²) in [5, 5.41) is 14.9. The zero-order valence-corrected chi connectivity index (χ0v) is 18.3. The van der Waals surface area contributed by atoms with Crippen LogP contribution in [0.1, 0.15) is 29.7 Å². The Morgan fingerprint density at radius 2 is 1.70 bits per heavy atom. The molecule has 0 bridgehead atoms. The van der Waals surface area contributed by atoms with Gasteiger partial charge in [0.25, 0.3) is 0 Å². The molecule has 0 radical (unpaired) electrons. The zero-order chi connectivity index (χ0) is 21.6. The van der Waals surface area contributed by atoms with Crippen molar-refractivity contribution in [1.82, 2.24) is 19.7 Å². The predicted molar refractivity (Wildman–Crippen MR) is 123 cm³/mol. The van der Waals surface area contributed by atoms with Gasteiger partial charge in [-0.3, -0.25) is 9.67 Å². The summed E-state index contributed by atoms with van der Waals surface area (Å²) in [7, 11) is 4.05. The molecule has 0 amide bonds. The standard InChI is InChI=1S/C13H19NO.C12H13N3/c1-14-9-7-13(15,8-10-14)11-12-5-3-2-4-6-12;1-4-11-9(2)15(3)14-12(11)10-5-7-13-8-6-10/h2-6,15H,7-11H2,1H3;4-8H,1H2,2-3H3. The third-order valence-electron chi connectivity index (χ3n) is 5.83. The van der Waals surface area contributed by atoms with Gasteiger partial charge in [-0.05, 0) is 44.5 Å². The number of nitrogens with zero attached hydrogens (tertiary/aromatic N) is 4. The SMILES string of the molecule is C=Cc1c(-c2ccncc2)nn(C)c1C.CN1CCC(O)(Cc2ccccc2)CC1. The number of aliphatic hydroxyl groups is 1. The molecule has 0 saturated carbocycles. The summed E-state index contributed by atoms with van der Waals surface area (Å²) >= 11 is 0. The second-order valence-corrected chi connectivity index (χ2v) is 8.10. The summed E-state index contributed by atoms with van der Waals surface area (Å²) in [5.74, 6) is 0. The normalized spacial score (nSPS) is 15.9. The molecule has 1 aliphatic heterocycles. The van der Waals surface area contributed by atoms with Crippen LogP contribution in [0.3, 0.4) is 0 Å². The van der Waals surface area contributed by atoms with E-state index in [9.17, 15) is 5.11 Å². The molecule has 0 unspecified atom stereocenters. The monoisotopic (exact) mass is 404 g/mol. The van der Waals surface area contributed by atoms with E-state index in [4.69, 9.17) is 0 Å². The van der Waals surface area contributed by atoms with E-state index in [0.29, 0.717) is 0 Å². The van der Waals surface area contributed by atoms with Crippen LogP contribution in [0.5, 0.6) is 0 Å². The molecule has 30 heavy (non-hydrogen) atoms. The van der Waals surface area contributed by atoms with Gasteiger partial charge in [0, 0.05) is 55.8 Å². The Bertz CT molecular complexity index is 942. The van der Waals surface area contributed by atoms with Gasteiger partial charge in [0.2, 0.25) is 0 Å². The molecule has 3 aromatic rings. The number of hydrogen-bond acceptors (Lipinski definition) is 4. The minimum Gasteiger partial charge on any atom is -0.389 e. The molecule has 0 spiro atoms.